The average Bonchev–Trinajstić information content (AvgIpc) is 2.96. The van der Waals surface area contributed by atoms with Gasteiger partial charge in [0.05, 0.1) is 5.52 Å². The summed E-state index contributed by atoms with van der Waals surface area (Å²) >= 11 is 0. The van der Waals surface area contributed by atoms with Gasteiger partial charge in [-0.25, -0.2) is 14.5 Å². The van der Waals surface area contributed by atoms with Crippen molar-refractivity contribution in [1.82, 2.24) is 19.6 Å². The highest BCUT2D eigenvalue weighted by atomic mass is 15.2. The van der Waals surface area contributed by atoms with Gasteiger partial charge in [-0.3, -0.25) is 0 Å². The molecule has 6 rings (SSSR count). The molecule has 0 saturated heterocycles. The van der Waals surface area contributed by atoms with Gasteiger partial charge in [0.25, 0.3) is 0 Å². The summed E-state index contributed by atoms with van der Waals surface area (Å²) in [6.07, 6.45) is 6.22. The highest BCUT2D eigenvalue weighted by molar-refractivity contribution is 5.96. The Morgan fingerprint density at radius 1 is 1.17 bits per heavy atom. The Morgan fingerprint density at radius 2 is 2.04 bits per heavy atom. The molecule has 3 aliphatic carbocycles. The standard InChI is InChI=1S/C19H23N5/c1-11-13-8-12(19(13,2)3)9-14(11)22-18-17-16(20-10-21-18)15-6-4-5-7-24(15)23-17/h4-7,10-14H,8-9H2,1-3H3,(H,20,21,22)/t11-,12+,13-,14-/m0/s1. The van der Waals surface area contributed by atoms with Gasteiger partial charge in [-0.05, 0) is 48.1 Å². The Kier molecular flexibility index (Phi) is 2.77. The predicted molar refractivity (Wildman–Crippen MR) is 94.9 cm³/mol. The maximum Gasteiger partial charge on any atom is 0.158 e. The number of hydrogen-bond donors (Lipinski definition) is 1. The number of nitrogens with one attached hydrogen (secondary N) is 1. The van der Waals surface area contributed by atoms with E-state index >= 15 is 0 Å². The molecular formula is C19H23N5. The Labute approximate surface area is 141 Å². The molecule has 0 spiro atoms. The van der Waals surface area contributed by atoms with E-state index < -0.39 is 0 Å². The molecule has 3 saturated carbocycles. The van der Waals surface area contributed by atoms with Crippen LogP contribution in [0.5, 0.6) is 0 Å². The van der Waals surface area contributed by atoms with Gasteiger partial charge >= 0.3 is 0 Å². The molecule has 3 aromatic heterocycles. The molecule has 1 N–H and O–H groups in total. The maximum absolute atomic E-state index is 4.69. The molecule has 0 radical (unpaired) electrons. The van der Waals surface area contributed by atoms with Crippen molar-refractivity contribution in [1.29, 1.82) is 0 Å². The summed E-state index contributed by atoms with van der Waals surface area (Å²) in [6, 6.07) is 6.53. The van der Waals surface area contributed by atoms with Gasteiger partial charge in [0.2, 0.25) is 0 Å². The van der Waals surface area contributed by atoms with Crippen molar-refractivity contribution >= 4 is 22.4 Å². The third-order valence-corrected chi connectivity index (χ3v) is 6.79. The molecule has 3 fully saturated rings. The van der Waals surface area contributed by atoms with Crippen LogP contribution in [-0.2, 0) is 0 Å². The van der Waals surface area contributed by atoms with Crippen molar-refractivity contribution in [2.45, 2.75) is 39.7 Å². The summed E-state index contributed by atoms with van der Waals surface area (Å²) < 4.78 is 1.88. The number of aromatic nitrogens is 4. The lowest BCUT2D eigenvalue weighted by Crippen LogP contribution is -2.58. The fourth-order valence-electron chi connectivity index (χ4n) is 5.10. The molecule has 3 aromatic rings. The summed E-state index contributed by atoms with van der Waals surface area (Å²) in [5.74, 6) is 3.17. The van der Waals surface area contributed by atoms with Crippen LogP contribution in [0.25, 0.3) is 16.6 Å². The van der Waals surface area contributed by atoms with Gasteiger partial charge < -0.3 is 5.32 Å². The van der Waals surface area contributed by atoms with Gasteiger partial charge in [0, 0.05) is 12.2 Å². The smallest absolute Gasteiger partial charge is 0.158 e. The second kappa shape index (κ2) is 4.68. The SMILES string of the molecule is C[C@@H]1[C@@H](Nc2ncnc3c2nn2ccccc32)C[C@H]2C[C@@H]1C2(C)C. The molecule has 124 valence electrons. The molecule has 3 heterocycles. The highest BCUT2D eigenvalue weighted by Gasteiger charge is 2.56. The number of anilines is 1. The fourth-order valence-corrected chi connectivity index (χ4v) is 5.10. The van der Waals surface area contributed by atoms with Gasteiger partial charge in [0.15, 0.2) is 11.3 Å². The van der Waals surface area contributed by atoms with Gasteiger partial charge in [-0.2, -0.15) is 5.10 Å². The van der Waals surface area contributed by atoms with Crippen molar-refractivity contribution in [3.63, 3.8) is 0 Å². The molecule has 2 bridgehead atoms. The van der Waals surface area contributed by atoms with E-state index in [9.17, 15) is 0 Å². The van der Waals surface area contributed by atoms with Crippen molar-refractivity contribution in [2.75, 3.05) is 5.32 Å². The Balaban J connectivity index is 1.52. The molecular weight excluding hydrogens is 298 g/mol. The van der Waals surface area contributed by atoms with Crippen LogP contribution >= 0.6 is 0 Å². The largest absolute Gasteiger partial charge is 0.365 e. The molecule has 5 nitrogen and oxygen atoms in total. The first-order valence-electron chi connectivity index (χ1n) is 8.90. The molecule has 24 heavy (non-hydrogen) atoms. The molecule has 0 aromatic carbocycles. The van der Waals surface area contributed by atoms with Crippen LogP contribution in [0.3, 0.4) is 0 Å². The average molecular weight is 321 g/mol. The summed E-state index contributed by atoms with van der Waals surface area (Å²) in [5.41, 5.74) is 3.32. The van der Waals surface area contributed by atoms with Crippen LogP contribution in [0.1, 0.15) is 33.6 Å². The van der Waals surface area contributed by atoms with E-state index in [4.69, 9.17) is 5.10 Å². The summed E-state index contributed by atoms with van der Waals surface area (Å²) in [5, 5.41) is 8.40. The molecule has 3 aliphatic rings. The summed E-state index contributed by atoms with van der Waals surface area (Å²) in [7, 11) is 0. The first-order chi connectivity index (χ1) is 11.6. The van der Waals surface area contributed by atoms with Gasteiger partial charge in [-0.1, -0.05) is 26.8 Å². The zero-order chi connectivity index (χ0) is 16.5. The minimum absolute atomic E-state index is 0.477. The topological polar surface area (TPSA) is 55.1 Å². The van der Waals surface area contributed by atoms with Crippen LogP contribution in [0, 0.1) is 23.2 Å². The number of fused-ring (bicyclic) bond motifs is 5. The molecule has 0 unspecified atom stereocenters. The van der Waals surface area contributed by atoms with E-state index in [1.807, 2.05) is 28.9 Å². The molecule has 0 aliphatic heterocycles. The predicted octanol–water partition coefficient (Wildman–Crippen LogP) is 3.76. The van der Waals surface area contributed by atoms with Gasteiger partial charge in [-0.15, -0.1) is 0 Å². The lowest BCUT2D eigenvalue weighted by Gasteiger charge is -2.62. The van der Waals surface area contributed by atoms with E-state index in [1.54, 1.807) is 6.33 Å². The normalized spacial score (nSPS) is 31.1. The van der Waals surface area contributed by atoms with Crippen LogP contribution in [-0.4, -0.2) is 25.6 Å². The second-order valence-corrected chi connectivity index (χ2v) is 8.16. The minimum Gasteiger partial charge on any atom is -0.365 e. The second-order valence-electron chi connectivity index (χ2n) is 8.16. The summed E-state index contributed by atoms with van der Waals surface area (Å²) in [6.45, 7) is 7.26. The van der Waals surface area contributed by atoms with Crippen LogP contribution in [0.4, 0.5) is 5.82 Å². The number of pyridine rings is 1. The number of hydrogen-bond acceptors (Lipinski definition) is 4. The maximum atomic E-state index is 4.69. The number of nitrogens with zero attached hydrogens (tertiary/aromatic N) is 4. The monoisotopic (exact) mass is 321 g/mol. The molecule has 4 atom stereocenters. The van der Waals surface area contributed by atoms with E-state index in [0.717, 1.165) is 34.2 Å². The van der Waals surface area contributed by atoms with E-state index in [1.165, 1.54) is 12.8 Å². The van der Waals surface area contributed by atoms with Crippen LogP contribution < -0.4 is 5.32 Å². The first kappa shape index (κ1) is 14.2. The highest BCUT2D eigenvalue weighted by Crippen LogP contribution is 2.61. The van der Waals surface area contributed by atoms with E-state index in [-0.39, 0.29) is 0 Å². The quantitative estimate of drug-likeness (QED) is 0.781. The van der Waals surface area contributed by atoms with Crippen molar-refractivity contribution < 1.29 is 0 Å². The zero-order valence-electron chi connectivity index (χ0n) is 14.4. The Bertz CT molecular complexity index is 928. The lowest BCUT2D eigenvalue weighted by molar-refractivity contribution is -0.105. The van der Waals surface area contributed by atoms with Crippen LogP contribution in [0.2, 0.25) is 0 Å². The van der Waals surface area contributed by atoms with E-state index in [2.05, 4.69) is 36.1 Å². The lowest BCUT2D eigenvalue weighted by atomic mass is 9.45. The van der Waals surface area contributed by atoms with Crippen molar-refractivity contribution in [2.24, 2.45) is 23.2 Å². The zero-order valence-corrected chi connectivity index (χ0v) is 14.4. The van der Waals surface area contributed by atoms with Crippen molar-refractivity contribution in [3.05, 3.63) is 30.7 Å². The van der Waals surface area contributed by atoms with Crippen LogP contribution in [0.15, 0.2) is 30.7 Å². The Morgan fingerprint density at radius 3 is 2.83 bits per heavy atom. The summed E-state index contributed by atoms with van der Waals surface area (Å²) in [4.78, 5) is 8.96. The number of rotatable bonds is 2. The minimum atomic E-state index is 0.477. The molecule has 0 amide bonds. The molecule has 5 heteroatoms. The first-order valence-corrected chi connectivity index (χ1v) is 8.90. The third-order valence-electron chi connectivity index (χ3n) is 6.79. The van der Waals surface area contributed by atoms with E-state index in [0.29, 0.717) is 17.4 Å². The Hall–Kier alpha value is -2.17. The third kappa shape index (κ3) is 1.78. The van der Waals surface area contributed by atoms with Gasteiger partial charge in [0.1, 0.15) is 11.8 Å². The van der Waals surface area contributed by atoms with Crippen molar-refractivity contribution in [3.8, 4) is 0 Å². The fraction of sp³-hybridized carbons (Fsp3) is 0.526.